The van der Waals surface area contributed by atoms with Crippen LogP contribution in [0.5, 0.6) is 0 Å². The predicted molar refractivity (Wildman–Crippen MR) is 73.9 cm³/mol. The van der Waals surface area contributed by atoms with E-state index in [-0.39, 0.29) is 17.9 Å². The minimum Gasteiger partial charge on any atom is -0.368 e. The summed E-state index contributed by atoms with van der Waals surface area (Å²) in [6.45, 7) is 0.0648. The molecule has 6 heteroatoms. The van der Waals surface area contributed by atoms with Crippen LogP contribution in [0.25, 0.3) is 0 Å². The van der Waals surface area contributed by atoms with E-state index in [4.69, 9.17) is 5.73 Å². The maximum atomic E-state index is 12.1. The Morgan fingerprint density at radius 1 is 1.20 bits per heavy atom. The average Bonchev–Trinajstić information content (AvgIpc) is 2.42. The summed E-state index contributed by atoms with van der Waals surface area (Å²) in [5.74, 6) is -0.736. The van der Waals surface area contributed by atoms with Gasteiger partial charge in [0.05, 0.1) is 0 Å². The quantitative estimate of drug-likeness (QED) is 0.820. The van der Waals surface area contributed by atoms with Crippen molar-refractivity contribution in [3.63, 3.8) is 0 Å². The maximum absolute atomic E-state index is 12.1. The number of nitrogens with one attached hydrogen (secondary N) is 1. The Balaban J connectivity index is 2.03. The van der Waals surface area contributed by atoms with E-state index in [2.05, 4.69) is 5.32 Å². The monoisotopic (exact) mass is 277 g/mol. The van der Waals surface area contributed by atoms with Crippen molar-refractivity contribution in [1.29, 1.82) is 0 Å². The Morgan fingerprint density at radius 3 is 2.35 bits per heavy atom. The number of hydrogen-bond acceptors (Lipinski definition) is 3. The highest BCUT2D eigenvalue weighted by atomic mass is 16.2. The minimum absolute atomic E-state index is 0.0648. The topological polar surface area (TPSA) is 94.2 Å². The fraction of sp³-hybridized carbons (Fsp3) is 0.500. The number of aromatic nitrogens is 1. The van der Waals surface area contributed by atoms with Crippen LogP contribution in [-0.2, 0) is 16.1 Å². The summed E-state index contributed by atoms with van der Waals surface area (Å²) in [6, 6.07) is 2.77. The van der Waals surface area contributed by atoms with Gasteiger partial charge in [0, 0.05) is 24.5 Å². The molecule has 1 saturated carbocycles. The molecule has 0 aliphatic heterocycles. The SMILES string of the molecule is NC(=O)C1(NC(=O)Cn2ccc(=O)cc2)CCCCC1. The molecule has 0 unspecified atom stereocenters. The van der Waals surface area contributed by atoms with Gasteiger partial charge in [-0.3, -0.25) is 14.4 Å². The molecule has 0 saturated heterocycles. The van der Waals surface area contributed by atoms with Gasteiger partial charge in [0.2, 0.25) is 11.8 Å². The van der Waals surface area contributed by atoms with E-state index >= 15 is 0 Å². The van der Waals surface area contributed by atoms with E-state index in [1.54, 1.807) is 17.0 Å². The molecule has 1 aliphatic rings. The van der Waals surface area contributed by atoms with Crippen LogP contribution in [0.4, 0.5) is 0 Å². The fourth-order valence-electron chi connectivity index (χ4n) is 2.61. The van der Waals surface area contributed by atoms with Gasteiger partial charge in [-0.1, -0.05) is 19.3 Å². The number of carbonyl (C=O) groups is 2. The first-order valence-electron chi connectivity index (χ1n) is 6.79. The molecule has 0 radical (unpaired) electrons. The minimum atomic E-state index is -0.908. The Hall–Kier alpha value is -2.11. The van der Waals surface area contributed by atoms with Crippen LogP contribution < -0.4 is 16.5 Å². The number of hydrogen-bond donors (Lipinski definition) is 2. The summed E-state index contributed by atoms with van der Waals surface area (Å²) >= 11 is 0. The van der Waals surface area contributed by atoms with E-state index in [1.807, 2.05) is 0 Å². The third-order valence-corrected chi connectivity index (χ3v) is 3.74. The maximum Gasteiger partial charge on any atom is 0.243 e. The summed E-state index contributed by atoms with van der Waals surface area (Å²) in [4.78, 5) is 34.7. The van der Waals surface area contributed by atoms with Gasteiger partial charge >= 0.3 is 0 Å². The van der Waals surface area contributed by atoms with Crippen molar-refractivity contribution in [1.82, 2.24) is 9.88 Å². The number of rotatable bonds is 4. The van der Waals surface area contributed by atoms with E-state index in [0.29, 0.717) is 12.8 Å². The Bertz CT molecular complexity index is 539. The highest BCUT2D eigenvalue weighted by Crippen LogP contribution is 2.27. The number of primary amides is 1. The highest BCUT2D eigenvalue weighted by Gasteiger charge is 2.38. The number of carbonyl (C=O) groups excluding carboxylic acids is 2. The Kier molecular flexibility index (Phi) is 4.22. The molecule has 1 aromatic rings. The molecule has 1 aromatic heterocycles. The van der Waals surface area contributed by atoms with Crippen LogP contribution in [0.15, 0.2) is 29.3 Å². The van der Waals surface area contributed by atoms with Crippen molar-refractivity contribution in [2.24, 2.45) is 5.73 Å². The summed E-state index contributed by atoms with van der Waals surface area (Å²) in [6.07, 6.45) is 7.11. The number of amides is 2. The lowest BCUT2D eigenvalue weighted by Gasteiger charge is -2.35. The zero-order chi connectivity index (χ0) is 14.6. The summed E-state index contributed by atoms with van der Waals surface area (Å²) in [5, 5.41) is 2.78. The Morgan fingerprint density at radius 2 is 1.80 bits per heavy atom. The molecule has 0 bridgehead atoms. The second-order valence-corrected chi connectivity index (χ2v) is 5.26. The van der Waals surface area contributed by atoms with Gasteiger partial charge in [-0.05, 0) is 12.8 Å². The molecule has 2 amide bonds. The molecule has 108 valence electrons. The molecule has 1 heterocycles. The molecule has 1 aliphatic carbocycles. The van der Waals surface area contributed by atoms with Crippen molar-refractivity contribution >= 4 is 11.8 Å². The molecule has 0 atom stereocenters. The fourth-order valence-corrected chi connectivity index (χ4v) is 2.61. The number of pyridine rings is 1. The molecule has 20 heavy (non-hydrogen) atoms. The normalized spacial score (nSPS) is 17.4. The largest absolute Gasteiger partial charge is 0.368 e. The standard InChI is InChI=1S/C14H19N3O3/c15-13(20)14(6-2-1-3-7-14)16-12(19)10-17-8-4-11(18)5-9-17/h4-5,8-9H,1-3,6-7,10H2,(H2,15,20)(H,16,19). The molecule has 6 nitrogen and oxygen atoms in total. The second-order valence-electron chi connectivity index (χ2n) is 5.26. The van der Waals surface area contributed by atoms with Crippen molar-refractivity contribution in [3.8, 4) is 0 Å². The lowest BCUT2D eigenvalue weighted by Crippen LogP contribution is -2.58. The molecule has 3 N–H and O–H groups in total. The van der Waals surface area contributed by atoms with Crippen LogP contribution >= 0.6 is 0 Å². The van der Waals surface area contributed by atoms with Crippen molar-refractivity contribution in [2.75, 3.05) is 0 Å². The third-order valence-electron chi connectivity index (χ3n) is 3.74. The number of nitrogens with two attached hydrogens (primary N) is 1. The molecular weight excluding hydrogens is 258 g/mol. The Labute approximate surface area is 117 Å². The van der Waals surface area contributed by atoms with Crippen LogP contribution in [0, 0.1) is 0 Å². The zero-order valence-electron chi connectivity index (χ0n) is 11.3. The van der Waals surface area contributed by atoms with Gasteiger partial charge in [0.15, 0.2) is 5.43 Å². The summed E-state index contributed by atoms with van der Waals surface area (Å²) in [5.41, 5.74) is 4.44. The predicted octanol–water partition coefficient (Wildman–Crippen LogP) is 0.153. The van der Waals surface area contributed by atoms with Gasteiger partial charge in [-0.15, -0.1) is 0 Å². The van der Waals surface area contributed by atoms with Crippen LogP contribution in [0.3, 0.4) is 0 Å². The van der Waals surface area contributed by atoms with Crippen LogP contribution in [0.1, 0.15) is 32.1 Å². The second kappa shape index (κ2) is 5.90. The molecular formula is C14H19N3O3. The number of nitrogens with zero attached hydrogens (tertiary/aromatic N) is 1. The lowest BCUT2D eigenvalue weighted by molar-refractivity contribution is -0.133. The zero-order valence-corrected chi connectivity index (χ0v) is 11.3. The van der Waals surface area contributed by atoms with Crippen molar-refractivity contribution in [3.05, 3.63) is 34.7 Å². The van der Waals surface area contributed by atoms with Gasteiger partial charge < -0.3 is 15.6 Å². The van der Waals surface area contributed by atoms with Crippen LogP contribution in [0.2, 0.25) is 0 Å². The van der Waals surface area contributed by atoms with E-state index < -0.39 is 11.4 Å². The van der Waals surface area contributed by atoms with Crippen molar-refractivity contribution < 1.29 is 9.59 Å². The van der Waals surface area contributed by atoms with Gasteiger partial charge in [0.25, 0.3) is 0 Å². The van der Waals surface area contributed by atoms with Crippen LogP contribution in [-0.4, -0.2) is 21.9 Å². The van der Waals surface area contributed by atoms with E-state index in [9.17, 15) is 14.4 Å². The summed E-state index contributed by atoms with van der Waals surface area (Å²) < 4.78 is 1.59. The van der Waals surface area contributed by atoms with Gasteiger partial charge in [-0.2, -0.15) is 0 Å². The first kappa shape index (κ1) is 14.3. The third kappa shape index (κ3) is 3.26. The lowest BCUT2D eigenvalue weighted by atomic mass is 9.81. The van der Waals surface area contributed by atoms with Gasteiger partial charge in [-0.25, -0.2) is 0 Å². The molecule has 1 fully saturated rings. The van der Waals surface area contributed by atoms with Crippen molar-refractivity contribution in [2.45, 2.75) is 44.2 Å². The molecule has 0 aromatic carbocycles. The van der Waals surface area contributed by atoms with E-state index in [1.165, 1.54) is 12.1 Å². The van der Waals surface area contributed by atoms with Gasteiger partial charge in [0.1, 0.15) is 12.1 Å². The average molecular weight is 277 g/mol. The highest BCUT2D eigenvalue weighted by molar-refractivity contribution is 5.90. The first-order chi connectivity index (χ1) is 9.52. The molecule has 0 spiro atoms. The smallest absolute Gasteiger partial charge is 0.243 e. The molecule has 2 rings (SSSR count). The first-order valence-corrected chi connectivity index (χ1v) is 6.79. The van der Waals surface area contributed by atoms with E-state index in [0.717, 1.165) is 19.3 Å². The summed E-state index contributed by atoms with van der Waals surface area (Å²) in [7, 11) is 0.